The van der Waals surface area contributed by atoms with Gasteiger partial charge in [0.25, 0.3) is 5.56 Å². The Labute approximate surface area is 187 Å². The Morgan fingerprint density at radius 2 is 1.94 bits per heavy atom. The standard InChI is InChI=1S/C22H31N7O3/c1-4-6-12-29-17-18(25-22(29)27-14-10-23-11-15-27)24-21(26(3)19(17)30)28-13-8-7-9-16(28)20(31)32-5-2/h16,23H,5,7-15H2,1-3H3. The zero-order valence-electron chi connectivity index (χ0n) is 19.1. The highest BCUT2D eigenvalue weighted by Crippen LogP contribution is 2.26. The van der Waals surface area contributed by atoms with Crippen LogP contribution in [0.4, 0.5) is 11.9 Å². The van der Waals surface area contributed by atoms with Gasteiger partial charge in [0.05, 0.1) is 13.2 Å². The summed E-state index contributed by atoms with van der Waals surface area (Å²) in [6, 6.07) is -0.445. The van der Waals surface area contributed by atoms with E-state index in [2.05, 4.69) is 22.1 Å². The molecule has 172 valence electrons. The van der Waals surface area contributed by atoms with Crippen LogP contribution in [-0.4, -0.2) is 70.4 Å². The summed E-state index contributed by atoms with van der Waals surface area (Å²) >= 11 is 0. The Morgan fingerprint density at radius 3 is 2.66 bits per heavy atom. The van der Waals surface area contributed by atoms with E-state index in [0.717, 1.165) is 39.0 Å². The van der Waals surface area contributed by atoms with Crippen molar-refractivity contribution in [2.45, 2.75) is 45.7 Å². The number of piperazine rings is 1. The van der Waals surface area contributed by atoms with Gasteiger partial charge >= 0.3 is 5.97 Å². The molecule has 2 aromatic rings. The van der Waals surface area contributed by atoms with Crippen LogP contribution in [0.3, 0.4) is 0 Å². The van der Waals surface area contributed by atoms with Gasteiger partial charge in [-0.25, -0.2) is 4.79 Å². The van der Waals surface area contributed by atoms with E-state index in [1.807, 2.05) is 9.47 Å². The zero-order valence-corrected chi connectivity index (χ0v) is 19.1. The molecule has 0 radical (unpaired) electrons. The molecule has 0 aromatic carbocycles. The second-order valence-electron chi connectivity index (χ2n) is 8.07. The van der Waals surface area contributed by atoms with Gasteiger partial charge in [-0.15, -0.1) is 5.92 Å². The van der Waals surface area contributed by atoms with E-state index in [0.29, 0.717) is 49.2 Å². The maximum Gasteiger partial charge on any atom is 0.328 e. The number of fused-ring (bicyclic) bond motifs is 1. The van der Waals surface area contributed by atoms with Crippen LogP contribution in [0, 0.1) is 11.8 Å². The smallest absolute Gasteiger partial charge is 0.328 e. The summed E-state index contributed by atoms with van der Waals surface area (Å²) in [6.45, 7) is 8.23. The average Bonchev–Trinajstić information content (AvgIpc) is 3.19. The quantitative estimate of drug-likeness (QED) is 0.529. The maximum absolute atomic E-state index is 13.5. The van der Waals surface area contributed by atoms with E-state index in [4.69, 9.17) is 14.7 Å². The Hall–Kier alpha value is -3.06. The molecule has 0 aliphatic carbocycles. The lowest BCUT2D eigenvalue weighted by Crippen LogP contribution is -2.48. The van der Waals surface area contributed by atoms with Crippen LogP contribution in [0.5, 0.6) is 0 Å². The predicted octanol–water partition coefficient (Wildman–Crippen LogP) is 0.485. The normalized spacial score (nSPS) is 19.0. The fourth-order valence-corrected chi connectivity index (χ4v) is 4.46. The van der Waals surface area contributed by atoms with Crippen molar-refractivity contribution in [3.05, 3.63) is 10.4 Å². The molecule has 2 aromatic heterocycles. The van der Waals surface area contributed by atoms with Gasteiger partial charge in [-0.3, -0.25) is 13.9 Å². The lowest BCUT2D eigenvalue weighted by Gasteiger charge is -2.35. The number of hydrogen-bond acceptors (Lipinski definition) is 8. The molecule has 0 saturated carbocycles. The Balaban J connectivity index is 1.83. The van der Waals surface area contributed by atoms with Crippen LogP contribution in [0.25, 0.3) is 11.2 Å². The number of nitrogens with zero attached hydrogens (tertiary/aromatic N) is 6. The molecule has 0 amide bonds. The third kappa shape index (κ3) is 4.05. The molecule has 4 rings (SSSR count). The van der Waals surface area contributed by atoms with E-state index in [-0.39, 0.29) is 11.5 Å². The Bertz CT molecular complexity index is 1100. The molecule has 1 unspecified atom stereocenters. The van der Waals surface area contributed by atoms with E-state index in [1.165, 1.54) is 4.57 Å². The predicted molar refractivity (Wildman–Crippen MR) is 123 cm³/mol. The van der Waals surface area contributed by atoms with Crippen LogP contribution in [0.2, 0.25) is 0 Å². The van der Waals surface area contributed by atoms with Gasteiger partial charge in [-0.1, -0.05) is 5.92 Å². The van der Waals surface area contributed by atoms with Crippen LogP contribution >= 0.6 is 0 Å². The first-order valence-corrected chi connectivity index (χ1v) is 11.3. The van der Waals surface area contributed by atoms with Crippen molar-refractivity contribution >= 4 is 29.0 Å². The van der Waals surface area contributed by atoms with Crippen molar-refractivity contribution in [3.8, 4) is 11.8 Å². The Kier molecular flexibility index (Phi) is 6.65. The van der Waals surface area contributed by atoms with Gasteiger partial charge in [0.15, 0.2) is 11.2 Å². The first-order valence-electron chi connectivity index (χ1n) is 11.3. The van der Waals surface area contributed by atoms with E-state index >= 15 is 0 Å². The minimum absolute atomic E-state index is 0.190. The summed E-state index contributed by atoms with van der Waals surface area (Å²) < 4.78 is 8.69. The van der Waals surface area contributed by atoms with Crippen molar-refractivity contribution in [3.63, 3.8) is 0 Å². The first-order chi connectivity index (χ1) is 15.6. The molecular weight excluding hydrogens is 410 g/mol. The average molecular weight is 442 g/mol. The SMILES string of the molecule is CC#CCn1c(N2CCNCC2)nc2nc(N3CCCCC3C(=O)OCC)n(C)c(=O)c21. The number of rotatable bonds is 5. The number of aromatic nitrogens is 4. The first kappa shape index (κ1) is 22.1. The highest BCUT2D eigenvalue weighted by atomic mass is 16.5. The van der Waals surface area contributed by atoms with Crippen LogP contribution < -0.4 is 20.7 Å². The molecule has 2 saturated heterocycles. The molecule has 32 heavy (non-hydrogen) atoms. The molecule has 1 N–H and O–H groups in total. The summed E-state index contributed by atoms with van der Waals surface area (Å²) in [5.41, 5.74) is 0.643. The van der Waals surface area contributed by atoms with Gasteiger partial charge < -0.3 is 19.9 Å². The number of carbonyl (C=O) groups is 1. The summed E-state index contributed by atoms with van der Waals surface area (Å²) in [5, 5.41) is 3.34. The number of nitrogens with one attached hydrogen (secondary N) is 1. The molecule has 4 heterocycles. The fraction of sp³-hybridized carbons (Fsp3) is 0.636. The number of ether oxygens (including phenoxy) is 1. The van der Waals surface area contributed by atoms with E-state index in [9.17, 15) is 9.59 Å². The highest BCUT2D eigenvalue weighted by molar-refractivity contribution is 5.81. The lowest BCUT2D eigenvalue weighted by atomic mass is 10.0. The second-order valence-corrected chi connectivity index (χ2v) is 8.07. The monoisotopic (exact) mass is 441 g/mol. The number of esters is 1. The van der Waals surface area contributed by atoms with Crippen LogP contribution in [0.1, 0.15) is 33.1 Å². The molecule has 2 aliphatic rings. The van der Waals surface area contributed by atoms with Gasteiger partial charge in [0.1, 0.15) is 6.04 Å². The van der Waals surface area contributed by atoms with Crippen LogP contribution in [-0.2, 0) is 23.1 Å². The lowest BCUT2D eigenvalue weighted by molar-refractivity contribution is -0.145. The number of imidazole rings is 1. The van der Waals surface area contributed by atoms with Crippen molar-refractivity contribution in [1.82, 2.24) is 24.4 Å². The van der Waals surface area contributed by atoms with Gasteiger partial charge in [-0.2, -0.15) is 9.97 Å². The largest absolute Gasteiger partial charge is 0.464 e. The minimum Gasteiger partial charge on any atom is -0.464 e. The second kappa shape index (κ2) is 9.61. The number of anilines is 2. The molecule has 2 fully saturated rings. The van der Waals surface area contributed by atoms with Crippen LogP contribution in [0.15, 0.2) is 4.79 Å². The summed E-state index contributed by atoms with van der Waals surface area (Å²) in [7, 11) is 1.70. The van der Waals surface area contributed by atoms with Crippen molar-refractivity contribution in [2.75, 3.05) is 49.1 Å². The summed E-state index contributed by atoms with van der Waals surface area (Å²) in [4.78, 5) is 39.8. The third-order valence-electron chi connectivity index (χ3n) is 6.07. The molecule has 1 atom stereocenters. The highest BCUT2D eigenvalue weighted by Gasteiger charge is 2.33. The van der Waals surface area contributed by atoms with E-state index < -0.39 is 6.04 Å². The molecule has 10 heteroatoms. The van der Waals surface area contributed by atoms with Gasteiger partial charge in [-0.05, 0) is 33.1 Å². The van der Waals surface area contributed by atoms with Gasteiger partial charge in [0, 0.05) is 39.8 Å². The fourth-order valence-electron chi connectivity index (χ4n) is 4.46. The Morgan fingerprint density at radius 1 is 1.19 bits per heavy atom. The van der Waals surface area contributed by atoms with Crippen molar-refractivity contribution < 1.29 is 9.53 Å². The van der Waals surface area contributed by atoms with Crippen molar-refractivity contribution in [1.29, 1.82) is 0 Å². The minimum atomic E-state index is -0.445. The number of carbonyl (C=O) groups excluding carboxylic acids is 1. The number of hydrogen-bond donors (Lipinski definition) is 1. The summed E-state index contributed by atoms with van der Waals surface area (Å²) in [6.07, 6.45) is 2.54. The third-order valence-corrected chi connectivity index (χ3v) is 6.07. The summed E-state index contributed by atoms with van der Waals surface area (Å²) in [5.74, 6) is 6.88. The molecule has 0 spiro atoms. The van der Waals surface area contributed by atoms with Gasteiger partial charge in [0.2, 0.25) is 11.9 Å². The molecule has 2 aliphatic heterocycles. The van der Waals surface area contributed by atoms with E-state index in [1.54, 1.807) is 20.9 Å². The molecule has 0 bridgehead atoms. The van der Waals surface area contributed by atoms with Crippen molar-refractivity contribution in [2.24, 2.45) is 7.05 Å². The topological polar surface area (TPSA) is 97.5 Å². The zero-order chi connectivity index (χ0) is 22.7. The molecule has 10 nitrogen and oxygen atoms in total. The number of piperidine rings is 1. The molecular formula is C22H31N7O3. The maximum atomic E-state index is 13.5.